The largest absolute Gasteiger partial charge is 0.480 e. The quantitative estimate of drug-likeness (QED) is 0.565. The molecule has 0 spiro atoms. The zero-order valence-corrected chi connectivity index (χ0v) is 18.1. The molecule has 0 aliphatic heterocycles. The summed E-state index contributed by atoms with van der Waals surface area (Å²) in [4.78, 5) is 47.0. The lowest BCUT2D eigenvalue weighted by Crippen LogP contribution is -2.44. The van der Waals surface area contributed by atoms with Crippen LogP contribution >= 0.6 is 0 Å². The van der Waals surface area contributed by atoms with Crippen LogP contribution < -0.4 is 10.6 Å². The van der Waals surface area contributed by atoms with E-state index >= 15 is 0 Å². The van der Waals surface area contributed by atoms with Gasteiger partial charge in [-0.1, -0.05) is 12.1 Å². The molecule has 0 fully saturated rings. The zero-order chi connectivity index (χ0) is 23.2. The minimum atomic E-state index is -1.20. The number of carboxylic acid groups (broad SMARTS) is 1. The molecule has 2 amide bonds. The molecule has 2 atom stereocenters. The molecule has 168 valence electrons. The SMILES string of the molecule is CC(=O)OC1C=C(C(=O)Nc2cccc(C[C@H](NC(=O)OC(C)(C)C)C(=O)O)c2)CC1. The Morgan fingerprint density at radius 1 is 1.23 bits per heavy atom. The predicted molar refractivity (Wildman–Crippen MR) is 112 cm³/mol. The molecule has 0 saturated carbocycles. The molecular weight excluding hydrogens is 404 g/mol. The van der Waals surface area contributed by atoms with Crippen LogP contribution in [-0.2, 0) is 30.3 Å². The highest BCUT2D eigenvalue weighted by Gasteiger charge is 2.25. The Balaban J connectivity index is 2.02. The van der Waals surface area contributed by atoms with E-state index in [1.165, 1.54) is 6.92 Å². The number of aliphatic carboxylic acids is 1. The molecule has 0 radical (unpaired) electrons. The van der Waals surface area contributed by atoms with Crippen molar-refractivity contribution in [2.45, 2.75) is 64.7 Å². The first-order valence-corrected chi connectivity index (χ1v) is 9.93. The fourth-order valence-electron chi connectivity index (χ4n) is 3.06. The lowest BCUT2D eigenvalue weighted by atomic mass is 10.1. The van der Waals surface area contributed by atoms with Crippen LogP contribution in [0.25, 0.3) is 0 Å². The Bertz CT molecular complexity index is 886. The van der Waals surface area contributed by atoms with E-state index in [9.17, 15) is 24.3 Å². The number of hydrogen-bond donors (Lipinski definition) is 3. The van der Waals surface area contributed by atoms with E-state index in [4.69, 9.17) is 9.47 Å². The van der Waals surface area contributed by atoms with E-state index in [1.54, 1.807) is 51.1 Å². The van der Waals surface area contributed by atoms with Gasteiger partial charge in [0.1, 0.15) is 17.7 Å². The molecule has 9 heteroatoms. The standard InChI is InChI=1S/C22H28N2O7/c1-13(25)30-17-9-8-15(12-17)19(26)23-16-7-5-6-14(10-16)11-18(20(27)28)24-21(29)31-22(2,3)4/h5-7,10,12,17-18H,8-9,11H2,1-4H3,(H,23,26)(H,24,29)(H,27,28)/t17?,18-/m0/s1. The van der Waals surface area contributed by atoms with Gasteiger partial charge in [-0.3, -0.25) is 9.59 Å². The number of nitrogens with one attached hydrogen (secondary N) is 2. The van der Waals surface area contributed by atoms with Gasteiger partial charge in [0.25, 0.3) is 5.91 Å². The number of ether oxygens (including phenoxy) is 2. The number of alkyl carbamates (subject to hydrolysis) is 1. The normalized spacial score (nSPS) is 16.6. The van der Waals surface area contributed by atoms with Crippen molar-refractivity contribution in [3.8, 4) is 0 Å². The van der Waals surface area contributed by atoms with E-state index < -0.39 is 35.8 Å². The maximum absolute atomic E-state index is 12.5. The van der Waals surface area contributed by atoms with Crippen molar-refractivity contribution in [1.29, 1.82) is 0 Å². The summed E-state index contributed by atoms with van der Waals surface area (Å²) >= 11 is 0. The zero-order valence-electron chi connectivity index (χ0n) is 18.1. The fourth-order valence-corrected chi connectivity index (χ4v) is 3.06. The second-order valence-corrected chi connectivity index (χ2v) is 8.27. The molecular formula is C22H28N2O7. The molecule has 31 heavy (non-hydrogen) atoms. The minimum absolute atomic E-state index is 0.00943. The van der Waals surface area contributed by atoms with Crippen LogP contribution in [0, 0.1) is 0 Å². The number of anilines is 1. The molecule has 1 aromatic carbocycles. The van der Waals surface area contributed by atoms with Crippen LogP contribution in [-0.4, -0.2) is 46.8 Å². The van der Waals surface area contributed by atoms with Crippen LogP contribution in [0.3, 0.4) is 0 Å². The van der Waals surface area contributed by atoms with Gasteiger partial charge in [-0.05, 0) is 57.4 Å². The van der Waals surface area contributed by atoms with Gasteiger partial charge in [-0.2, -0.15) is 0 Å². The lowest BCUT2D eigenvalue weighted by molar-refractivity contribution is -0.144. The van der Waals surface area contributed by atoms with Gasteiger partial charge in [0.15, 0.2) is 0 Å². The van der Waals surface area contributed by atoms with Gasteiger partial charge in [0.05, 0.1) is 0 Å². The Labute approximate surface area is 180 Å². The lowest BCUT2D eigenvalue weighted by Gasteiger charge is -2.22. The van der Waals surface area contributed by atoms with Crippen LogP contribution in [0.1, 0.15) is 46.1 Å². The Morgan fingerprint density at radius 2 is 1.94 bits per heavy atom. The molecule has 0 bridgehead atoms. The van der Waals surface area contributed by atoms with Crippen LogP contribution in [0.2, 0.25) is 0 Å². The molecule has 1 aliphatic rings. The molecule has 1 unspecified atom stereocenters. The van der Waals surface area contributed by atoms with Gasteiger partial charge in [-0.25, -0.2) is 9.59 Å². The third kappa shape index (κ3) is 8.12. The Morgan fingerprint density at radius 3 is 2.55 bits per heavy atom. The van der Waals surface area contributed by atoms with Crippen molar-refractivity contribution in [2.75, 3.05) is 5.32 Å². The predicted octanol–water partition coefficient (Wildman–Crippen LogP) is 2.80. The first-order chi connectivity index (χ1) is 14.4. The highest BCUT2D eigenvalue weighted by atomic mass is 16.6. The fraction of sp³-hybridized carbons (Fsp3) is 0.455. The summed E-state index contributed by atoms with van der Waals surface area (Å²) in [5.74, 6) is -1.91. The highest BCUT2D eigenvalue weighted by Crippen LogP contribution is 2.23. The summed E-state index contributed by atoms with van der Waals surface area (Å²) in [7, 11) is 0. The monoisotopic (exact) mass is 432 g/mol. The third-order valence-electron chi connectivity index (χ3n) is 4.31. The average molecular weight is 432 g/mol. The van der Waals surface area contributed by atoms with Crippen molar-refractivity contribution < 1.29 is 33.8 Å². The van der Waals surface area contributed by atoms with Gasteiger partial charge in [0.2, 0.25) is 0 Å². The van der Waals surface area contributed by atoms with Crippen LogP contribution in [0.15, 0.2) is 35.9 Å². The van der Waals surface area contributed by atoms with E-state index in [2.05, 4.69) is 10.6 Å². The van der Waals surface area contributed by atoms with Gasteiger partial charge >= 0.3 is 18.0 Å². The van der Waals surface area contributed by atoms with Crippen LogP contribution in [0.5, 0.6) is 0 Å². The van der Waals surface area contributed by atoms with E-state index in [0.717, 1.165) is 0 Å². The van der Waals surface area contributed by atoms with Gasteiger partial charge in [-0.15, -0.1) is 0 Å². The highest BCUT2D eigenvalue weighted by molar-refractivity contribution is 6.04. The molecule has 1 aliphatic carbocycles. The first kappa shape index (κ1) is 23.9. The van der Waals surface area contributed by atoms with Crippen molar-refractivity contribution in [2.24, 2.45) is 0 Å². The number of carbonyl (C=O) groups is 4. The molecule has 0 aromatic heterocycles. The molecule has 9 nitrogen and oxygen atoms in total. The number of carbonyl (C=O) groups excluding carboxylic acids is 3. The van der Waals surface area contributed by atoms with Crippen LogP contribution in [0.4, 0.5) is 10.5 Å². The smallest absolute Gasteiger partial charge is 0.408 e. The summed E-state index contributed by atoms with van der Waals surface area (Å²) < 4.78 is 10.2. The Kier molecular flexibility index (Phi) is 7.79. The van der Waals surface area contributed by atoms with Gasteiger partial charge < -0.3 is 25.2 Å². The number of hydrogen-bond acceptors (Lipinski definition) is 6. The topological polar surface area (TPSA) is 131 Å². The summed E-state index contributed by atoms with van der Waals surface area (Å²) in [6.07, 6.45) is 1.46. The number of amides is 2. The molecule has 3 N–H and O–H groups in total. The summed E-state index contributed by atoms with van der Waals surface area (Å²) in [6.45, 7) is 6.37. The van der Waals surface area contributed by atoms with E-state index in [1.807, 2.05) is 0 Å². The summed E-state index contributed by atoms with van der Waals surface area (Å²) in [6, 6.07) is 5.51. The maximum atomic E-state index is 12.5. The summed E-state index contributed by atoms with van der Waals surface area (Å²) in [5.41, 5.74) is 0.868. The second-order valence-electron chi connectivity index (χ2n) is 8.27. The minimum Gasteiger partial charge on any atom is -0.480 e. The maximum Gasteiger partial charge on any atom is 0.408 e. The second kappa shape index (κ2) is 10.1. The Hall–Kier alpha value is -3.36. The number of esters is 1. The van der Waals surface area contributed by atoms with E-state index in [0.29, 0.717) is 29.7 Å². The van der Waals surface area contributed by atoms with Crippen molar-refractivity contribution in [1.82, 2.24) is 5.32 Å². The van der Waals surface area contributed by atoms with E-state index in [-0.39, 0.29) is 12.3 Å². The molecule has 2 rings (SSSR count). The van der Waals surface area contributed by atoms with Crippen molar-refractivity contribution in [3.63, 3.8) is 0 Å². The average Bonchev–Trinajstić information content (AvgIpc) is 3.07. The number of benzene rings is 1. The molecule has 0 saturated heterocycles. The van der Waals surface area contributed by atoms with Crippen molar-refractivity contribution >= 4 is 29.6 Å². The summed E-state index contributed by atoms with van der Waals surface area (Å²) in [5, 5.41) is 14.6. The first-order valence-electron chi connectivity index (χ1n) is 9.93. The van der Waals surface area contributed by atoms with Crippen molar-refractivity contribution in [3.05, 3.63) is 41.5 Å². The molecule has 0 heterocycles. The number of rotatable bonds is 7. The number of carboxylic acids is 1. The molecule has 1 aromatic rings. The third-order valence-corrected chi connectivity index (χ3v) is 4.31. The van der Waals surface area contributed by atoms with Gasteiger partial charge in [0, 0.05) is 24.6 Å².